The predicted octanol–water partition coefficient (Wildman–Crippen LogP) is 6.07. The van der Waals surface area contributed by atoms with Gasteiger partial charge in [0.05, 0.1) is 30.4 Å². The minimum Gasteiger partial charge on any atom is -0.493 e. The molecule has 0 saturated heterocycles. The molecule has 0 aliphatic rings. The van der Waals surface area contributed by atoms with Gasteiger partial charge in [-0.25, -0.2) is 0 Å². The molecule has 0 aliphatic heterocycles. The Morgan fingerprint density at radius 1 is 0.946 bits per heavy atom. The molecule has 0 bridgehead atoms. The Kier molecular flexibility index (Phi) is 7.80. The first-order valence-electron chi connectivity index (χ1n) is 11.4. The monoisotopic (exact) mass is 494 g/mol. The van der Waals surface area contributed by atoms with Crippen LogP contribution in [0.25, 0.3) is 0 Å². The number of hydrogen-bond acceptors (Lipinski definition) is 6. The lowest BCUT2D eigenvalue weighted by Gasteiger charge is -2.27. The summed E-state index contributed by atoms with van der Waals surface area (Å²) in [6, 6.07) is 23.7. The average molecular weight is 495 g/mol. The zero-order valence-electron chi connectivity index (χ0n) is 20.5. The Bertz CT molecular complexity index is 1420. The molecule has 0 spiro atoms. The van der Waals surface area contributed by atoms with Gasteiger partial charge in [0.15, 0.2) is 11.5 Å². The molecule has 8 heteroatoms. The average Bonchev–Trinajstić information content (AvgIpc) is 2.94. The quantitative estimate of drug-likeness (QED) is 0.213. The van der Waals surface area contributed by atoms with Gasteiger partial charge in [-0.1, -0.05) is 30.8 Å². The van der Waals surface area contributed by atoms with Gasteiger partial charge in [0.25, 0.3) is 0 Å². The molecule has 186 valence electrons. The highest BCUT2D eigenvalue weighted by molar-refractivity contribution is 6.00. The molecule has 8 nitrogen and oxygen atoms in total. The standard InChI is InChI=1S/C29H26N4O4/c1-4-29(35)31-21-9-7-11-23(17-21)33(20-34)25-15-16-30-19-26(25)32(2)22-10-8-12-24(18-22)37-28-14-6-5-13-27(28)36-3/h4-20H,1H2,2-3H3,(H,31,35). The van der Waals surface area contributed by atoms with E-state index < -0.39 is 0 Å². The molecule has 4 rings (SSSR count). The minimum absolute atomic E-state index is 0.339. The number of carbonyl (C=O) groups is 2. The Morgan fingerprint density at radius 3 is 2.46 bits per heavy atom. The van der Waals surface area contributed by atoms with Gasteiger partial charge in [0, 0.05) is 30.7 Å². The van der Waals surface area contributed by atoms with E-state index in [0.29, 0.717) is 40.0 Å². The van der Waals surface area contributed by atoms with E-state index in [0.717, 1.165) is 12.1 Å². The van der Waals surface area contributed by atoms with Crippen molar-refractivity contribution in [3.05, 3.63) is 104 Å². The molecular weight excluding hydrogens is 468 g/mol. The smallest absolute Gasteiger partial charge is 0.247 e. The highest BCUT2D eigenvalue weighted by atomic mass is 16.5. The number of methoxy groups -OCH3 is 1. The number of para-hydroxylation sites is 2. The molecule has 2 amide bonds. The van der Waals surface area contributed by atoms with Crippen LogP contribution in [0.15, 0.2) is 104 Å². The fourth-order valence-corrected chi connectivity index (χ4v) is 3.75. The molecule has 0 atom stereocenters. The van der Waals surface area contributed by atoms with Crippen LogP contribution >= 0.6 is 0 Å². The maximum atomic E-state index is 12.3. The Hall–Kier alpha value is -5.11. The van der Waals surface area contributed by atoms with E-state index in [-0.39, 0.29) is 5.91 Å². The van der Waals surface area contributed by atoms with Crippen molar-refractivity contribution in [3.8, 4) is 17.2 Å². The Balaban J connectivity index is 1.65. The van der Waals surface area contributed by atoms with Crippen LogP contribution < -0.4 is 24.6 Å². The first-order valence-corrected chi connectivity index (χ1v) is 11.4. The van der Waals surface area contributed by atoms with E-state index in [2.05, 4.69) is 16.9 Å². The number of nitrogens with one attached hydrogen (secondary N) is 1. The minimum atomic E-state index is -0.339. The maximum absolute atomic E-state index is 12.3. The number of aromatic nitrogens is 1. The van der Waals surface area contributed by atoms with Gasteiger partial charge in [-0.3, -0.25) is 19.5 Å². The van der Waals surface area contributed by atoms with E-state index in [9.17, 15) is 9.59 Å². The van der Waals surface area contributed by atoms with Crippen LogP contribution in [-0.2, 0) is 9.59 Å². The third-order valence-electron chi connectivity index (χ3n) is 5.58. The van der Waals surface area contributed by atoms with Gasteiger partial charge in [0.2, 0.25) is 12.3 Å². The number of carbonyl (C=O) groups excluding carboxylic acids is 2. The summed E-state index contributed by atoms with van der Waals surface area (Å²) in [5.41, 5.74) is 3.23. The molecular formula is C29H26N4O4. The molecule has 1 aromatic heterocycles. The van der Waals surface area contributed by atoms with Crippen molar-refractivity contribution < 1.29 is 19.1 Å². The second-order valence-electron chi connectivity index (χ2n) is 7.89. The van der Waals surface area contributed by atoms with E-state index in [1.165, 1.54) is 11.0 Å². The molecule has 0 unspecified atom stereocenters. The van der Waals surface area contributed by atoms with Crippen LogP contribution in [0.4, 0.5) is 28.4 Å². The molecule has 0 fully saturated rings. The molecule has 3 aromatic carbocycles. The van der Waals surface area contributed by atoms with E-state index >= 15 is 0 Å². The van der Waals surface area contributed by atoms with Crippen molar-refractivity contribution in [2.75, 3.05) is 29.3 Å². The number of anilines is 5. The summed E-state index contributed by atoms with van der Waals surface area (Å²) in [5, 5.41) is 2.71. The summed E-state index contributed by atoms with van der Waals surface area (Å²) in [6.45, 7) is 3.47. The summed E-state index contributed by atoms with van der Waals surface area (Å²) < 4.78 is 11.5. The number of ether oxygens (including phenoxy) is 2. The topological polar surface area (TPSA) is 84.0 Å². The second-order valence-corrected chi connectivity index (χ2v) is 7.89. The summed E-state index contributed by atoms with van der Waals surface area (Å²) in [5.74, 6) is 1.51. The SMILES string of the molecule is C=CC(=O)Nc1cccc(N(C=O)c2ccncc2N(C)c2cccc(Oc3ccccc3OC)c2)c1. The lowest BCUT2D eigenvalue weighted by Crippen LogP contribution is -2.19. The van der Waals surface area contributed by atoms with Gasteiger partial charge in [0.1, 0.15) is 5.75 Å². The van der Waals surface area contributed by atoms with E-state index in [1.54, 1.807) is 49.8 Å². The van der Waals surface area contributed by atoms with Crippen LogP contribution in [-0.4, -0.2) is 31.5 Å². The first kappa shape index (κ1) is 25.0. The first-order chi connectivity index (χ1) is 18.0. The lowest BCUT2D eigenvalue weighted by molar-refractivity contribution is -0.112. The molecule has 4 aromatic rings. The zero-order chi connectivity index (χ0) is 26.2. The predicted molar refractivity (Wildman–Crippen MR) is 145 cm³/mol. The second kappa shape index (κ2) is 11.5. The molecule has 1 heterocycles. The molecule has 0 radical (unpaired) electrons. The van der Waals surface area contributed by atoms with Crippen LogP contribution in [0.5, 0.6) is 17.2 Å². The molecule has 0 aliphatic carbocycles. The van der Waals surface area contributed by atoms with Crippen molar-refractivity contribution in [1.29, 1.82) is 0 Å². The highest BCUT2D eigenvalue weighted by Crippen LogP contribution is 2.38. The largest absolute Gasteiger partial charge is 0.493 e. The normalized spacial score (nSPS) is 10.2. The van der Waals surface area contributed by atoms with E-state index in [1.807, 2.05) is 60.5 Å². The van der Waals surface area contributed by atoms with Crippen LogP contribution in [0.1, 0.15) is 0 Å². The number of rotatable bonds is 10. The van der Waals surface area contributed by atoms with Crippen molar-refractivity contribution in [2.24, 2.45) is 0 Å². The Labute approximate surface area is 215 Å². The van der Waals surface area contributed by atoms with Gasteiger partial charge in [-0.2, -0.15) is 0 Å². The summed E-state index contributed by atoms with van der Waals surface area (Å²) in [6.07, 6.45) is 5.21. The van der Waals surface area contributed by atoms with E-state index in [4.69, 9.17) is 9.47 Å². The zero-order valence-corrected chi connectivity index (χ0v) is 20.5. The lowest BCUT2D eigenvalue weighted by atomic mass is 10.2. The highest BCUT2D eigenvalue weighted by Gasteiger charge is 2.18. The van der Waals surface area contributed by atoms with Crippen molar-refractivity contribution in [3.63, 3.8) is 0 Å². The third kappa shape index (κ3) is 5.76. The van der Waals surface area contributed by atoms with Crippen molar-refractivity contribution in [2.45, 2.75) is 0 Å². The van der Waals surface area contributed by atoms with Gasteiger partial charge in [-0.05, 0) is 54.6 Å². The van der Waals surface area contributed by atoms with Crippen molar-refractivity contribution >= 4 is 40.8 Å². The molecule has 0 saturated carbocycles. The number of pyridine rings is 1. The maximum Gasteiger partial charge on any atom is 0.247 e. The molecule has 37 heavy (non-hydrogen) atoms. The third-order valence-corrected chi connectivity index (χ3v) is 5.58. The number of hydrogen-bond donors (Lipinski definition) is 1. The summed E-state index contributed by atoms with van der Waals surface area (Å²) in [4.78, 5) is 31.7. The van der Waals surface area contributed by atoms with Gasteiger partial charge in [-0.15, -0.1) is 0 Å². The van der Waals surface area contributed by atoms with Crippen molar-refractivity contribution in [1.82, 2.24) is 4.98 Å². The number of benzene rings is 3. The fraction of sp³-hybridized carbons (Fsp3) is 0.0690. The summed E-state index contributed by atoms with van der Waals surface area (Å²) in [7, 11) is 3.48. The van der Waals surface area contributed by atoms with Crippen LogP contribution in [0, 0.1) is 0 Å². The summed E-state index contributed by atoms with van der Waals surface area (Å²) >= 11 is 0. The van der Waals surface area contributed by atoms with Crippen LogP contribution in [0.2, 0.25) is 0 Å². The number of nitrogens with zero attached hydrogens (tertiary/aromatic N) is 3. The van der Waals surface area contributed by atoms with Crippen LogP contribution in [0.3, 0.4) is 0 Å². The number of amides is 2. The molecule has 1 N–H and O–H groups in total. The van der Waals surface area contributed by atoms with Gasteiger partial charge >= 0.3 is 0 Å². The fourth-order valence-electron chi connectivity index (χ4n) is 3.75. The Morgan fingerprint density at radius 2 is 1.70 bits per heavy atom. The van der Waals surface area contributed by atoms with Gasteiger partial charge < -0.3 is 19.7 Å².